The molecule has 0 saturated carbocycles. The number of pyridine rings is 1. The van der Waals surface area contributed by atoms with Crippen molar-refractivity contribution in [3.63, 3.8) is 0 Å². The zero-order chi connectivity index (χ0) is 25.5. The largest absolute Gasteiger partial charge is 0.416 e. The highest BCUT2D eigenvalue weighted by Gasteiger charge is 2.30. The third-order valence-electron chi connectivity index (χ3n) is 6.52. The van der Waals surface area contributed by atoms with Crippen molar-refractivity contribution in [3.8, 4) is 0 Å². The lowest BCUT2D eigenvalue weighted by Gasteiger charge is -2.23. The highest BCUT2D eigenvalue weighted by molar-refractivity contribution is 5.95. The predicted molar refractivity (Wildman–Crippen MR) is 136 cm³/mol. The maximum atomic E-state index is 13.0. The molecule has 3 aromatic rings. The molecule has 1 aromatic heterocycles. The van der Waals surface area contributed by atoms with Gasteiger partial charge in [-0.15, -0.1) is 0 Å². The van der Waals surface area contributed by atoms with Crippen LogP contribution in [0.1, 0.15) is 42.4 Å². The predicted octanol–water partition coefficient (Wildman–Crippen LogP) is 5.95. The standard InChI is InChI=1S/C28H31F3N4O/c1-2-25(22-9-4-3-5-10-22)27(36)33-24-12-13-26(32-19-24)35-15-7-14-34(16-17-35)20-21-8-6-11-23(18-21)28(29,30)31/h3-6,8-13,18-19,25H,2,7,14-17,20H2,1H3,(H,33,36)/t25-/m0/s1. The van der Waals surface area contributed by atoms with E-state index in [2.05, 4.69) is 20.1 Å². The van der Waals surface area contributed by atoms with E-state index < -0.39 is 11.7 Å². The van der Waals surface area contributed by atoms with Crippen LogP contribution in [0.2, 0.25) is 0 Å². The number of carbonyl (C=O) groups is 1. The Morgan fingerprint density at radius 2 is 1.81 bits per heavy atom. The third-order valence-corrected chi connectivity index (χ3v) is 6.52. The summed E-state index contributed by atoms with van der Waals surface area (Å²) in [6.07, 6.45) is -1.07. The lowest BCUT2D eigenvalue weighted by Crippen LogP contribution is -2.31. The Labute approximate surface area is 210 Å². The highest BCUT2D eigenvalue weighted by Crippen LogP contribution is 2.30. The monoisotopic (exact) mass is 496 g/mol. The molecule has 0 spiro atoms. The molecular weight excluding hydrogens is 465 g/mol. The van der Waals surface area contributed by atoms with Crippen molar-refractivity contribution in [2.24, 2.45) is 0 Å². The van der Waals surface area contributed by atoms with Crippen LogP contribution in [-0.2, 0) is 17.5 Å². The van der Waals surface area contributed by atoms with Crippen LogP contribution in [0.15, 0.2) is 72.9 Å². The molecule has 1 aliphatic heterocycles. The van der Waals surface area contributed by atoms with Crippen molar-refractivity contribution in [2.45, 2.75) is 38.4 Å². The smallest absolute Gasteiger partial charge is 0.355 e. The van der Waals surface area contributed by atoms with E-state index in [-0.39, 0.29) is 11.8 Å². The van der Waals surface area contributed by atoms with Crippen molar-refractivity contribution in [1.29, 1.82) is 0 Å². The first-order valence-electron chi connectivity index (χ1n) is 12.3. The first kappa shape index (κ1) is 25.7. The number of hydrogen-bond acceptors (Lipinski definition) is 4. The van der Waals surface area contributed by atoms with Crippen LogP contribution in [0.4, 0.5) is 24.7 Å². The van der Waals surface area contributed by atoms with Crippen molar-refractivity contribution in [2.75, 3.05) is 36.4 Å². The average Bonchev–Trinajstić information content (AvgIpc) is 3.11. The van der Waals surface area contributed by atoms with Gasteiger partial charge in [0.15, 0.2) is 0 Å². The summed E-state index contributed by atoms with van der Waals surface area (Å²) in [6.45, 7) is 5.54. The van der Waals surface area contributed by atoms with Crippen molar-refractivity contribution < 1.29 is 18.0 Å². The van der Waals surface area contributed by atoms with E-state index in [4.69, 9.17) is 0 Å². The number of hydrogen-bond donors (Lipinski definition) is 1. The number of aromatic nitrogens is 1. The van der Waals surface area contributed by atoms with Gasteiger partial charge in [-0.3, -0.25) is 9.69 Å². The summed E-state index contributed by atoms with van der Waals surface area (Å²) in [7, 11) is 0. The maximum absolute atomic E-state index is 13.0. The van der Waals surface area contributed by atoms with Gasteiger partial charge in [0.05, 0.1) is 23.4 Å². The van der Waals surface area contributed by atoms with Gasteiger partial charge in [-0.05, 0) is 42.2 Å². The molecule has 0 radical (unpaired) electrons. The Morgan fingerprint density at radius 3 is 2.50 bits per heavy atom. The van der Waals surface area contributed by atoms with Crippen LogP contribution < -0.4 is 10.2 Å². The van der Waals surface area contributed by atoms with Gasteiger partial charge in [0, 0.05) is 32.7 Å². The van der Waals surface area contributed by atoms with E-state index in [0.717, 1.165) is 50.0 Å². The summed E-state index contributed by atoms with van der Waals surface area (Å²) in [4.78, 5) is 21.7. The molecule has 2 aromatic carbocycles. The lowest BCUT2D eigenvalue weighted by atomic mass is 9.95. The van der Waals surface area contributed by atoms with Gasteiger partial charge < -0.3 is 10.2 Å². The fourth-order valence-corrected chi connectivity index (χ4v) is 4.60. The number of carbonyl (C=O) groups excluding carboxylic acids is 1. The van der Waals surface area contributed by atoms with Crippen LogP contribution in [0.25, 0.3) is 0 Å². The molecule has 0 aliphatic carbocycles. The summed E-state index contributed by atoms with van der Waals surface area (Å²) in [5.41, 5.74) is 1.69. The van der Waals surface area contributed by atoms with Crippen LogP contribution >= 0.6 is 0 Å². The van der Waals surface area contributed by atoms with E-state index in [1.165, 1.54) is 12.1 Å². The number of halogens is 3. The second-order valence-electron chi connectivity index (χ2n) is 9.08. The number of benzene rings is 2. The molecule has 1 amide bonds. The normalized spacial score (nSPS) is 15.8. The SMILES string of the molecule is CC[C@H](C(=O)Nc1ccc(N2CCCN(Cc3cccc(C(F)(F)F)c3)CC2)nc1)c1ccccc1. The second kappa shape index (κ2) is 11.6. The van der Waals surface area contributed by atoms with Crippen molar-refractivity contribution in [1.82, 2.24) is 9.88 Å². The van der Waals surface area contributed by atoms with Gasteiger partial charge in [0.25, 0.3) is 0 Å². The minimum absolute atomic E-state index is 0.0572. The molecule has 1 fully saturated rings. The Bertz CT molecular complexity index is 1140. The fourth-order valence-electron chi connectivity index (χ4n) is 4.60. The molecule has 5 nitrogen and oxygen atoms in total. The van der Waals surface area contributed by atoms with E-state index in [9.17, 15) is 18.0 Å². The van der Waals surface area contributed by atoms with Crippen LogP contribution in [0.3, 0.4) is 0 Å². The average molecular weight is 497 g/mol. The molecule has 1 N–H and O–H groups in total. The van der Waals surface area contributed by atoms with Gasteiger partial charge in [-0.25, -0.2) is 4.98 Å². The Hall–Kier alpha value is -3.39. The summed E-state index contributed by atoms with van der Waals surface area (Å²) < 4.78 is 39.1. The van der Waals surface area contributed by atoms with Gasteiger partial charge in [-0.2, -0.15) is 13.2 Å². The molecule has 8 heteroatoms. The number of rotatable bonds is 7. The first-order chi connectivity index (χ1) is 17.3. The van der Waals surface area contributed by atoms with Crippen molar-refractivity contribution >= 4 is 17.4 Å². The quantitative estimate of drug-likeness (QED) is 0.440. The van der Waals surface area contributed by atoms with E-state index in [0.29, 0.717) is 24.2 Å². The molecule has 2 heterocycles. The van der Waals surface area contributed by atoms with Crippen LogP contribution in [0.5, 0.6) is 0 Å². The molecule has 1 aliphatic rings. The fraction of sp³-hybridized carbons (Fsp3) is 0.357. The maximum Gasteiger partial charge on any atom is 0.416 e. The molecule has 190 valence electrons. The van der Waals surface area contributed by atoms with Crippen LogP contribution in [0, 0.1) is 0 Å². The minimum atomic E-state index is -4.33. The van der Waals surface area contributed by atoms with Gasteiger partial charge in [0.1, 0.15) is 5.82 Å². The van der Waals surface area contributed by atoms with Crippen LogP contribution in [-0.4, -0.2) is 42.0 Å². The topological polar surface area (TPSA) is 48.5 Å². The number of amides is 1. The molecule has 1 atom stereocenters. The Balaban J connectivity index is 1.33. The Kier molecular flexibility index (Phi) is 8.25. The number of anilines is 2. The van der Waals surface area contributed by atoms with Gasteiger partial charge in [0.2, 0.25) is 5.91 Å². The zero-order valence-electron chi connectivity index (χ0n) is 20.3. The Morgan fingerprint density at radius 1 is 1.00 bits per heavy atom. The molecule has 4 rings (SSSR count). The number of nitrogens with one attached hydrogen (secondary N) is 1. The second-order valence-corrected chi connectivity index (χ2v) is 9.08. The summed E-state index contributed by atoms with van der Waals surface area (Å²) >= 11 is 0. The molecular formula is C28H31F3N4O. The minimum Gasteiger partial charge on any atom is -0.355 e. The van der Waals surface area contributed by atoms with E-state index >= 15 is 0 Å². The zero-order valence-corrected chi connectivity index (χ0v) is 20.3. The van der Waals surface area contributed by atoms with E-state index in [1.807, 2.05) is 49.4 Å². The van der Waals surface area contributed by atoms with Gasteiger partial charge in [-0.1, -0.05) is 55.5 Å². The highest BCUT2D eigenvalue weighted by atomic mass is 19.4. The molecule has 1 saturated heterocycles. The first-order valence-corrected chi connectivity index (χ1v) is 12.3. The van der Waals surface area contributed by atoms with Crippen molar-refractivity contribution in [3.05, 3.63) is 89.6 Å². The molecule has 0 unspecified atom stereocenters. The third kappa shape index (κ3) is 6.63. The van der Waals surface area contributed by atoms with E-state index in [1.54, 1.807) is 12.3 Å². The number of nitrogens with zero attached hydrogens (tertiary/aromatic N) is 3. The molecule has 0 bridgehead atoms. The molecule has 36 heavy (non-hydrogen) atoms. The summed E-state index contributed by atoms with van der Waals surface area (Å²) in [5.74, 6) is 0.543. The lowest BCUT2D eigenvalue weighted by molar-refractivity contribution is -0.137. The van der Waals surface area contributed by atoms with Gasteiger partial charge >= 0.3 is 6.18 Å². The number of alkyl halides is 3. The summed E-state index contributed by atoms with van der Waals surface area (Å²) in [6, 6.07) is 19.0. The summed E-state index contributed by atoms with van der Waals surface area (Å²) in [5, 5.41) is 2.98.